The van der Waals surface area contributed by atoms with Crippen LogP contribution in [0, 0.1) is 0 Å². The summed E-state index contributed by atoms with van der Waals surface area (Å²) in [5.41, 5.74) is 0. The van der Waals surface area contributed by atoms with Crippen LogP contribution in [0.3, 0.4) is 0 Å². The molecule has 1 atom stereocenters. The summed E-state index contributed by atoms with van der Waals surface area (Å²) in [7, 11) is -1.14. The van der Waals surface area contributed by atoms with E-state index in [4.69, 9.17) is 9.42 Å². The summed E-state index contributed by atoms with van der Waals surface area (Å²) in [4.78, 5) is 8.94. The zero-order valence-electron chi connectivity index (χ0n) is 11.1. The van der Waals surface area contributed by atoms with Gasteiger partial charge >= 0.3 is 0 Å². The Hall–Kier alpha value is 0.350. The molecule has 98 valence electrons. The van der Waals surface area contributed by atoms with Crippen LogP contribution in [0.4, 0.5) is 0 Å². The van der Waals surface area contributed by atoms with Gasteiger partial charge in [0.05, 0.1) is 6.61 Å². The molecule has 0 rings (SSSR count). The van der Waals surface area contributed by atoms with Gasteiger partial charge in [-0.25, -0.2) is 0 Å². The van der Waals surface area contributed by atoms with Crippen molar-refractivity contribution in [3.05, 3.63) is 0 Å². The Morgan fingerprint density at radius 2 is 1.25 bits per heavy atom. The molecule has 0 saturated carbocycles. The first-order valence-corrected chi connectivity index (χ1v) is 8.49. The van der Waals surface area contributed by atoms with Gasteiger partial charge < -0.3 is 9.42 Å². The first-order chi connectivity index (χ1) is 7.77. The van der Waals surface area contributed by atoms with E-state index in [1.807, 2.05) is 0 Å². The molecule has 0 aliphatic heterocycles. The van der Waals surface area contributed by atoms with Gasteiger partial charge in [0.2, 0.25) is 0 Å². The van der Waals surface area contributed by atoms with Crippen LogP contribution in [0.25, 0.3) is 0 Å². The molecule has 0 spiro atoms. The Labute approximate surface area is 103 Å². The SMILES string of the molecule is CCCCCCCCCCCCOP(C)O. The van der Waals surface area contributed by atoms with Crippen molar-refractivity contribution in [2.24, 2.45) is 0 Å². The van der Waals surface area contributed by atoms with E-state index in [-0.39, 0.29) is 0 Å². The summed E-state index contributed by atoms with van der Waals surface area (Å²) in [6.45, 7) is 4.72. The second-order valence-electron chi connectivity index (χ2n) is 4.48. The van der Waals surface area contributed by atoms with E-state index in [1.54, 1.807) is 6.66 Å². The molecule has 0 heterocycles. The lowest BCUT2D eigenvalue weighted by atomic mass is 10.1. The maximum absolute atomic E-state index is 8.94. The largest absolute Gasteiger partial charge is 0.350 e. The number of hydrogen-bond donors (Lipinski definition) is 1. The van der Waals surface area contributed by atoms with Crippen molar-refractivity contribution in [1.82, 2.24) is 0 Å². The number of unbranched alkanes of at least 4 members (excludes halogenated alkanes) is 9. The molecule has 0 saturated heterocycles. The van der Waals surface area contributed by atoms with Gasteiger partial charge in [-0.1, -0.05) is 64.7 Å². The first-order valence-electron chi connectivity index (χ1n) is 6.83. The Kier molecular flexibility index (Phi) is 13.7. The number of rotatable bonds is 12. The summed E-state index contributed by atoms with van der Waals surface area (Å²) in [5.74, 6) is 0. The van der Waals surface area contributed by atoms with Crippen LogP contribution in [0.5, 0.6) is 0 Å². The predicted octanol–water partition coefficient (Wildman–Crippen LogP) is 4.86. The number of hydrogen-bond acceptors (Lipinski definition) is 2. The quantitative estimate of drug-likeness (QED) is 0.395. The molecule has 0 amide bonds. The first kappa shape index (κ1) is 16.4. The van der Waals surface area contributed by atoms with Crippen molar-refractivity contribution in [1.29, 1.82) is 0 Å². The van der Waals surface area contributed by atoms with Crippen molar-refractivity contribution < 1.29 is 9.42 Å². The molecule has 3 heteroatoms. The highest BCUT2D eigenvalue weighted by Gasteiger charge is 1.95. The Balaban J connectivity index is 2.88. The molecule has 2 nitrogen and oxygen atoms in total. The summed E-state index contributed by atoms with van der Waals surface area (Å²) in [5, 5.41) is 0. The third-order valence-electron chi connectivity index (χ3n) is 2.78. The van der Waals surface area contributed by atoms with Gasteiger partial charge in [0, 0.05) is 6.66 Å². The lowest BCUT2D eigenvalue weighted by Gasteiger charge is -2.05. The van der Waals surface area contributed by atoms with E-state index in [1.165, 1.54) is 57.8 Å². The molecule has 0 aromatic heterocycles. The molecular formula is C13H29O2P. The van der Waals surface area contributed by atoms with Gasteiger partial charge in [-0.2, -0.15) is 0 Å². The molecule has 0 aliphatic carbocycles. The summed E-state index contributed by atoms with van der Waals surface area (Å²) >= 11 is 0. The second kappa shape index (κ2) is 13.4. The Bertz CT molecular complexity index is 129. The van der Waals surface area contributed by atoms with E-state index in [2.05, 4.69) is 6.92 Å². The zero-order valence-corrected chi connectivity index (χ0v) is 12.0. The van der Waals surface area contributed by atoms with Crippen LogP contribution in [-0.2, 0) is 4.52 Å². The van der Waals surface area contributed by atoms with Gasteiger partial charge in [0.25, 0.3) is 0 Å². The molecule has 16 heavy (non-hydrogen) atoms. The molecule has 1 unspecified atom stereocenters. The van der Waals surface area contributed by atoms with Crippen LogP contribution in [0.1, 0.15) is 71.1 Å². The molecule has 0 aromatic rings. The molecular weight excluding hydrogens is 219 g/mol. The van der Waals surface area contributed by atoms with Gasteiger partial charge in [-0.05, 0) is 6.42 Å². The van der Waals surface area contributed by atoms with E-state index in [9.17, 15) is 0 Å². The summed E-state index contributed by atoms with van der Waals surface area (Å²) < 4.78 is 5.13. The van der Waals surface area contributed by atoms with Crippen LogP contribution in [0.15, 0.2) is 0 Å². The molecule has 0 radical (unpaired) electrons. The molecule has 1 N–H and O–H groups in total. The predicted molar refractivity (Wildman–Crippen MR) is 72.9 cm³/mol. The topological polar surface area (TPSA) is 29.5 Å². The monoisotopic (exact) mass is 248 g/mol. The van der Waals surface area contributed by atoms with Crippen LogP contribution >= 0.6 is 8.38 Å². The maximum atomic E-state index is 8.94. The Morgan fingerprint density at radius 3 is 1.69 bits per heavy atom. The second-order valence-corrected chi connectivity index (χ2v) is 5.67. The highest BCUT2D eigenvalue weighted by molar-refractivity contribution is 7.45. The normalized spacial score (nSPS) is 12.9. The fourth-order valence-electron chi connectivity index (χ4n) is 1.79. The fraction of sp³-hybridized carbons (Fsp3) is 1.00. The van der Waals surface area contributed by atoms with Crippen LogP contribution in [-0.4, -0.2) is 18.2 Å². The molecule has 0 fully saturated rings. The van der Waals surface area contributed by atoms with E-state index in [0.717, 1.165) is 13.0 Å². The van der Waals surface area contributed by atoms with Gasteiger partial charge in [0.15, 0.2) is 8.38 Å². The fourth-order valence-corrected chi connectivity index (χ4v) is 2.18. The summed E-state index contributed by atoms with van der Waals surface area (Å²) in [6.07, 6.45) is 13.4. The minimum Gasteiger partial charge on any atom is -0.350 e. The zero-order chi connectivity index (χ0) is 12.1. The van der Waals surface area contributed by atoms with Gasteiger partial charge in [0.1, 0.15) is 0 Å². The van der Waals surface area contributed by atoms with Crippen LogP contribution in [0.2, 0.25) is 0 Å². The van der Waals surface area contributed by atoms with Gasteiger partial charge in [-0.3, -0.25) is 0 Å². The maximum Gasteiger partial charge on any atom is 0.164 e. The van der Waals surface area contributed by atoms with E-state index >= 15 is 0 Å². The van der Waals surface area contributed by atoms with E-state index in [0.29, 0.717) is 0 Å². The molecule has 0 bridgehead atoms. The minimum atomic E-state index is -1.14. The average Bonchev–Trinajstić information content (AvgIpc) is 2.25. The highest BCUT2D eigenvalue weighted by atomic mass is 31.2. The lowest BCUT2D eigenvalue weighted by Crippen LogP contribution is -1.89. The molecule has 0 aliphatic rings. The lowest BCUT2D eigenvalue weighted by molar-refractivity contribution is 0.302. The average molecular weight is 248 g/mol. The highest BCUT2D eigenvalue weighted by Crippen LogP contribution is 2.25. The van der Waals surface area contributed by atoms with Crippen molar-refractivity contribution >= 4 is 8.38 Å². The standard InChI is InChI=1S/C13H29O2P/c1-3-4-5-6-7-8-9-10-11-12-13-15-16(2)14/h14H,3-13H2,1-2H3. The van der Waals surface area contributed by atoms with Crippen molar-refractivity contribution in [2.75, 3.05) is 13.3 Å². The van der Waals surface area contributed by atoms with Crippen molar-refractivity contribution in [3.63, 3.8) is 0 Å². The third kappa shape index (κ3) is 14.4. The van der Waals surface area contributed by atoms with E-state index < -0.39 is 8.38 Å². The van der Waals surface area contributed by atoms with Crippen molar-refractivity contribution in [3.8, 4) is 0 Å². The minimum absolute atomic E-state index is 0.731. The van der Waals surface area contributed by atoms with Gasteiger partial charge in [-0.15, -0.1) is 0 Å². The van der Waals surface area contributed by atoms with Crippen molar-refractivity contribution in [2.45, 2.75) is 71.1 Å². The summed E-state index contributed by atoms with van der Waals surface area (Å²) in [6, 6.07) is 0. The van der Waals surface area contributed by atoms with Crippen LogP contribution < -0.4 is 0 Å². The smallest absolute Gasteiger partial charge is 0.164 e. The molecule has 0 aromatic carbocycles. The Morgan fingerprint density at radius 1 is 0.812 bits per heavy atom. The third-order valence-corrected chi connectivity index (χ3v) is 3.33.